The number of anilines is 3. The summed E-state index contributed by atoms with van der Waals surface area (Å²) in [7, 11) is 1.57. The number of hydrogen-bond acceptors (Lipinski definition) is 5. The molecule has 0 unspecified atom stereocenters. The van der Waals surface area contributed by atoms with Gasteiger partial charge in [-0.3, -0.25) is 24.2 Å². The Labute approximate surface area is 201 Å². The Bertz CT molecular complexity index is 1280. The number of aryl methyl sites for hydroxylation is 1. The molecule has 3 aromatic carbocycles. The van der Waals surface area contributed by atoms with Crippen molar-refractivity contribution in [3.05, 3.63) is 83.9 Å². The van der Waals surface area contributed by atoms with Gasteiger partial charge in [0.1, 0.15) is 12.3 Å². The summed E-state index contributed by atoms with van der Waals surface area (Å²) in [5.74, 6) is 0.0978. The summed E-state index contributed by atoms with van der Waals surface area (Å²) in [5.41, 5.74) is 3.68. The molecule has 2 aliphatic heterocycles. The van der Waals surface area contributed by atoms with E-state index in [4.69, 9.17) is 4.74 Å². The number of rotatable bonds is 5. The van der Waals surface area contributed by atoms with Gasteiger partial charge in [-0.2, -0.15) is 0 Å². The second-order valence-electron chi connectivity index (χ2n) is 8.18. The number of methoxy groups -OCH3 is 1. The van der Waals surface area contributed by atoms with E-state index >= 15 is 0 Å². The summed E-state index contributed by atoms with van der Waals surface area (Å²) >= 11 is 1.30. The Kier molecular flexibility index (Phi) is 5.53. The van der Waals surface area contributed by atoms with Crippen LogP contribution in [0.1, 0.15) is 11.1 Å². The van der Waals surface area contributed by atoms with Crippen molar-refractivity contribution < 1.29 is 19.1 Å². The van der Waals surface area contributed by atoms with Crippen molar-refractivity contribution in [1.29, 1.82) is 0 Å². The molecule has 1 spiro atoms. The van der Waals surface area contributed by atoms with Crippen molar-refractivity contribution in [2.75, 3.05) is 34.5 Å². The number of hydrogen-bond donors (Lipinski definition) is 1. The van der Waals surface area contributed by atoms with E-state index in [0.29, 0.717) is 28.4 Å². The number of carbonyl (C=O) groups excluding carboxylic acids is 3. The maximum Gasteiger partial charge on any atom is 0.269 e. The van der Waals surface area contributed by atoms with Gasteiger partial charge < -0.3 is 10.1 Å². The molecule has 1 fully saturated rings. The normalized spacial score (nSPS) is 19.0. The minimum atomic E-state index is -1.23. The van der Waals surface area contributed by atoms with Crippen molar-refractivity contribution in [2.45, 2.75) is 11.8 Å². The first-order valence-corrected chi connectivity index (χ1v) is 11.8. The van der Waals surface area contributed by atoms with Gasteiger partial charge in [-0.05, 0) is 49.4 Å². The molecule has 8 heteroatoms. The van der Waals surface area contributed by atoms with Crippen molar-refractivity contribution in [2.24, 2.45) is 0 Å². The van der Waals surface area contributed by atoms with Gasteiger partial charge in [0.25, 0.3) is 5.91 Å². The van der Waals surface area contributed by atoms with E-state index in [1.165, 1.54) is 16.7 Å². The van der Waals surface area contributed by atoms with Gasteiger partial charge in [-0.1, -0.05) is 35.9 Å². The Hall–Kier alpha value is -3.78. The highest BCUT2D eigenvalue weighted by molar-refractivity contribution is 8.02. The molecule has 0 saturated carbocycles. The maximum absolute atomic E-state index is 14.0. The number of thioether (sulfide) groups is 1. The number of nitrogens with zero attached hydrogens (tertiary/aromatic N) is 2. The SMILES string of the molecule is COc1ccc(NC(=O)CN2C(=O)[C@]3(SCC(=O)N3c3ccc(C)cc3)c3ccccc32)cc1. The van der Waals surface area contributed by atoms with Crippen LogP contribution in [0.2, 0.25) is 0 Å². The van der Waals surface area contributed by atoms with E-state index in [0.717, 1.165) is 5.56 Å². The number of carbonyl (C=O) groups is 3. The fourth-order valence-corrected chi connectivity index (χ4v) is 5.78. The van der Waals surface area contributed by atoms with E-state index < -0.39 is 4.87 Å². The van der Waals surface area contributed by atoms with Crippen LogP contribution in [-0.2, 0) is 19.3 Å². The lowest BCUT2D eigenvalue weighted by molar-refractivity contribution is -0.124. The van der Waals surface area contributed by atoms with Gasteiger partial charge in [0.05, 0.1) is 18.6 Å². The summed E-state index contributed by atoms with van der Waals surface area (Å²) in [5, 5.41) is 2.83. The molecule has 3 aromatic rings. The highest BCUT2D eigenvalue weighted by Gasteiger charge is 2.61. The van der Waals surface area contributed by atoms with Crippen LogP contribution in [0.3, 0.4) is 0 Å². The smallest absolute Gasteiger partial charge is 0.269 e. The Morgan fingerprint density at radius 2 is 1.74 bits per heavy atom. The number of nitrogens with one attached hydrogen (secondary N) is 1. The lowest BCUT2D eigenvalue weighted by atomic mass is 10.0. The summed E-state index contributed by atoms with van der Waals surface area (Å²) < 4.78 is 5.15. The molecule has 172 valence electrons. The molecule has 1 N–H and O–H groups in total. The second-order valence-corrected chi connectivity index (χ2v) is 9.35. The van der Waals surface area contributed by atoms with Gasteiger partial charge in [-0.15, -0.1) is 11.8 Å². The highest BCUT2D eigenvalue weighted by Crippen LogP contribution is 2.55. The van der Waals surface area contributed by atoms with Crippen LogP contribution in [-0.4, -0.2) is 37.1 Å². The molecule has 3 amide bonds. The molecular weight excluding hydrogens is 450 g/mol. The number of benzene rings is 3. The van der Waals surface area contributed by atoms with Crippen molar-refractivity contribution in [1.82, 2.24) is 0 Å². The van der Waals surface area contributed by atoms with Crippen molar-refractivity contribution >= 4 is 46.5 Å². The van der Waals surface area contributed by atoms with Crippen molar-refractivity contribution in [3.63, 3.8) is 0 Å². The molecule has 0 aromatic heterocycles. The van der Waals surface area contributed by atoms with E-state index in [1.807, 2.05) is 55.5 Å². The van der Waals surface area contributed by atoms with Crippen LogP contribution in [0, 0.1) is 6.92 Å². The number of ether oxygens (including phenoxy) is 1. The maximum atomic E-state index is 14.0. The highest BCUT2D eigenvalue weighted by atomic mass is 32.2. The molecule has 5 rings (SSSR count). The summed E-state index contributed by atoms with van der Waals surface area (Å²) in [6.45, 7) is 1.80. The van der Waals surface area contributed by atoms with Crippen LogP contribution >= 0.6 is 11.8 Å². The average molecular weight is 474 g/mol. The molecule has 0 radical (unpaired) electrons. The zero-order valence-electron chi connectivity index (χ0n) is 18.8. The topological polar surface area (TPSA) is 79.0 Å². The fraction of sp³-hybridized carbons (Fsp3) is 0.192. The van der Waals surface area contributed by atoms with E-state index in [1.54, 1.807) is 36.3 Å². The third-order valence-electron chi connectivity index (χ3n) is 6.03. The lowest BCUT2D eigenvalue weighted by Crippen LogP contribution is -2.50. The first-order chi connectivity index (χ1) is 16.4. The molecule has 0 bridgehead atoms. The first-order valence-electron chi connectivity index (χ1n) is 10.8. The van der Waals surface area contributed by atoms with E-state index in [2.05, 4.69) is 5.32 Å². The summed E-state index contributed by atoms with van der Waals surface area (Å²) in [6.07, 6.45) is 0. The average Bonchev–Trinajstić information content (AvgIpc) is 3.31. The largest absolute Gasteiger partial charge is 0.497 e. The van der Waals surface area contributed by atoms with Gasteiger partial charge in [0.2, 0.25) is 16.7 Å². The van der Waals surface area contributed by atoms with Crippen LogP contribution < -0.4 is 19.9 Å². The van der Waals surface area contributed by atoms with Gasteiger partial charge in [0.15, 0.2) is 0 Å². The molecular formula is C26H23N3O4S. The lowest BCUT2D eigenvalue weighted by Gasteiger charge is -2.33. The van der Waals surface area contributed by atoms with Crippen molar-refractivity contribution in [3.8, 4) is 5.75 Å². The molecule has 34 heavy (non-hydrogen) atoms. The zero-order chi connectivity index (χ0) is 23.9. The molecule has 2 heterocycles. The number of fused-ring (bicyclic) bond motifs is 2. The van der Waals surface area contributed by atoms with Gasteiger partial charge in [-0.25, -0.2) is 0 Å². The molecule has 1 atom stereocenters. The summed E-state index contributed by atoms with van der Waals surface area (Å²) in [6, 6.07) is 21.9. The predicted octanol–water partition coefficient (Wildman–Crippen LogP) is 3.92. The number of para-hydroxylation sites is 1. The van der Waals surface area contributed by atoms with Crippen LogP contribution in [0.5, 0.6) is 5.75 Å². The minimum absolute atomic E-state index is 0.137. The first kappa shape index (κ1) is 22.0. The molecule has 7 nitrogen and oxygen atoms in total. The Balaban J connectivity index is 1.48. The molecule has 1 saturated heterocycles. The standard InChI is InChI=1S/C26H23N3O4S/c1-17-7-11-19(12-8-17)29-24(31)16-34-26(29)21-5-3-4-6-22(21)28(25(26)32)15-23(30)27-18-9-13-20(33-2)14-10-18/h3-14H,15-16H2,1-2H3,(H,27,30)/t26-/m1/s1. The summed E-state index contributed by atoms with van der Waals surface area (Å²) in [4.78, 5) is 41.7. The minimum Gasteiger partial charge on any atom is -0.497 e. The monoisotopic (exact) mass is 473 g/mol. The van der Waals surface area contributed by atoms with E-state index in [-0.39, 0.29) is 30.0 Å². The Morgan fingerprint density at radius 1 is 1.03 bits per heavy atom. The number of amides is 3. The van der Waals surface area contributed by atoms with Crippen LogP contribution in [0.15, 0.2) is 72.8 Å². The van der Waals surface area contributed by atoms with Gasteiger partial charge >= 0.3 is 0 Å². The van der Waals surface area contributed by atoms with E-state index in [9.17, 15) is 14.4 Å². The Morgan fingerprint density at radius 3 is 2.44 bits per heavy atom. The quantitative estimate of drug-likeness (QED) is 0.608. The fourth-order valence-electron chi connectivity index (χ4n) is 4.42. The third-order valence-corrected chi connectivity index (χ3v) is 7.42. The van der Waals surface area contributed by atoms with Crippen LogP contribution in [0.4, 0.5) is 17.1 Å². The molecule has 0 aliphatic carbocycles. The second kappa shape index (κ2) is 8.53. The van der Waals surface area contributed by atoms with Gasteiger partial charge in [0, 0.05) is 16.9 Å². The zero-order valence-corrected chi connectivity index (χ0v) is 19.6. The predicted molar refractivity (Wildman–Crippen MR) is 133 cm³/mol. The third kappa shape index (κ3) is 3.51. The van der Waals surface area contributed by atoms with Crippen LogP contribution in [0.25, 0.3) is 0 Å². The molecule has 2 aliphatic rings.